The van der Waals surface area contributed by atoms with E-state index in [1.807, 2.05) is 6.07 Å². The van der Waals surface area contributed by atoms with Crippen molar-refractivity contribution in [1.29, 1.82) is 0 Å². The fourth-order valence-corrected chi connectivity index (χ4v) is 1.98. The number of nitro groups is 1. The van der Waals surface area contributed by atoms with Crippen LogP contribution in [-0.4, -0.2) is 21.2 Å². The molecule has 20 heavy (non-hydrogen) atoms. The van der Waals surface area contributed by atoms with Crippen LogP contribution < -0.4 is 5.32 Å². The SMILES string of the molecule is CCCNCc1ccn(-c2cc([N+](=O)[O-])ccc2Cl)n1. The summed E-state index contributed by atoms with van der Waals surface area (Å²) in [7, 11) is 0. The summed E-state index contributed by atoms with van der Waals surface area (Å²) in [6, 6.07) is 6.15. The Bertz CT molecular complexity index is 612. The third kappa shape index (κ3) is 3.34. The molecule has 0 spiro atoms. The fraction of sp³-hybridized carbons (Fsp3) is 0.308. The average molecular weight is 295 g/mol. The molecule has 1 aromatic carbocycles. The van der Waals surface area contributed by atoms with Crippen molar-refractivity contribution in [3.05, 3.63) is 51.3 Å². The van der Waals surface area contributed by atoms with E-state index < -0.39 is 4.92 Å². The molecule has 0 saturated carbocycles. The van der Waals surface area contributed by atoms with Crippen molar-refractivity contribution in [1.82, 2.24) is 15.1 Å². The zero-order valence-electron chi connectivity index (χ0n) is 11.0. The Morgan fingerprint density at radius 1 is 1.45 bits per heavy atom. The third-order valence-corrected chi connectivity index (χ3v) is 3.08. The lowest BCUT2D eigenvalue weighted by Crippen LogP contribution is -2.14. The summed E-state index contributed by atoms with van der Waals surface area (Å²) in [5, 5.41) is 18.8. The van der Waals surface area contributed by atoms with Gasteiger partial charge in [-0.25, -0.2) is 4.68 Å². The van der Waals surface area contributed by atoms with E-state index in [1.165, 1.54) is 18.2 Å². The predicted octanol–water partition coefficient (Wildman–Crippen LogP) is 2.93. The quantitative estimate of drug-likeness (QED) is 0.505. The number of hydrogen-bond acceptors (Lipinski definition) is 4. The molecule has 0 atom stereocenters. The second kappa shape index (κ2) is 6.49. The molecule has 6 nitrogen and oxygen atoms in total. The summed E-state index contributed by atoms with van der Waals surface area (Å²) in [5.74, 6) is 0. The molecule has 106 valence electrons. The third-order valence-electron chi connectivity index (χ3n) is 2.76. The highest BCUT2D eigenvalue weighted by molar-refractivity contribution is 6.32. The van der Waals surface area contributed by atoms with Crippen molar-refractivity contribution >= 4 is 17.3 Å². The van der Waals surface area contributed by atoms with Gasteiger partial charge in [-0.3, -0.25) is 10.1 Å². The van der Waals surface area contributed by atoms with Gasteiger partial charge in [-0.15, -0.1) is 0 Å². The van der Waals surface area contributed by atoms with Gasteiger partial charge in [0.25, 0.3) is 5.69 Å². The molecule has 2 rings (SSSR count). The molecule has 7 heteroatoms. The first kappa shape index (κ1) is 14.5. The second-order valence-electron chi connectivity index (χ2n) is 4.32. The van der Waals surface area contributed by atoms with Gasteiger partial charge < -0.3 is 5.32 Å². The van der Waals surface area contributed by atoms with Crippen LogP contribution in [0.3, 0.4) is 0 Å². The zero-order valence-corrected chi connectivity index (χ0v) is 11.8. The Hall–Kier alpha value is -1.92. The summed E-state index contributed by atoms with van der Waals surface area (Å²) in [5.41, 5.74) is 1.36. The van der Waals surface area contributed by atoms with Crippen LogP contribution in [0.2, 0.25) is 5.02 Å². The van der Waals surface area contributed by atoms with Crippen LogP contribution in [0.25, 0.3) is 5.69 Å². The Balaban J connectivity index is 2.23. The molecule has 2 aromatic rings. The summed E-state index contributed by atoms with van der Waals surface area (Å²) in [4.78, 5) is 10.3. The van der Waals surface area contributed by atoms with E-state index in [0.29, 0.717) is 17.3 Å². The van der Waals surface area contributed by atoms with E-state index in [9.17, 15) is 10.1 Å². The summed E-state index contributed by atoms with van der Waals surface area (Å²) in [6.07, 6.45) is 2.80. The van der Waals surface area contributed by atoms with Crippen molar-refractivity contribution in [3.8, 4) is 5.69 Å². The van der Waals surface area contributed by atoms with E-state index in [0.717, 1.165) is 18.7 Å². The van der Waals surface area contributed by atoms with E-state index >= 15 is 0 Å². The number of nitro benzene ring substituents is 1. The van der Waals surface area contributed by atoms with Crippen LogP contribution in [0.15, 0.2) is 30.5 Å². The van der Waals surface area contributed by atoms with Crippen molar-refractivity contribution in [2.75, 3.05) is 6.54 Å². The molecule has 0 amide bonds. The van der Waals surface area contributed by atoms with Crippen LogP contribution in [0, 0.1) is 10.1 Å². The fourth-order valence-electron chi connectivity index (χ4n) is 1.77. The van der Waals surface area contributed by atoms with Gasteiger partial charge in [0.2, 0.25) is 0 Å². The maximum absolute atomic E-state index is 10.8. The molecule has 1 heterocycles. The first-order valence-electron chi connectivity index (χ1n) is 6.31. The number of nitrogens with one attached hydrogen (secondary N) is 1. The number of non-ortho nitro benzene ring substituents is 1. The van der Waals surface area contributed by atoms with Gasteiger partial charge >= 0.3 is 0 Å². The monoisotopic (exact) mass is 294 g/mol. The Labute approximate surface area is 121 Å². The molecule has 1 aromatic heterocycles. The minimum absolute atomic E-state index is 0.00874. The van der Waals surface area contributed by atoms with Crippen molar-refractivity contribution in [2.45, 2.75) is 19.9 Å². The predicted molar refractivity (Wildman–Crippen MR) is 77.2 cm³/mol. The Kier molecular flexibility index (Phi) is 4.70. The van der Waals surface area contributed by atoms with Crippen molar-refractivity contribution in [3.63, 3.8) is 0 Å². The molecule has 1 N–H and O–H groups in total. The van der Waals surface area contributed by atoms with E-state index in [1.54, 1.807) is 10.9 Å². The Morgan fingerprint density at radius 3 is 2.95 bits per heavy atom. The number of benzene rings is 1. The minimum Gasteiger partial charge on any atom is -0.311 e. The first-order chi connectivity index (χ1) is 9.61. The van der Waals surface area contributed by atoms with Crippen LogP contribution in [0.4, 0.5) is 5.69 Å². The number of nitrogens with zero attached hydrogens (tertiary/aromatic N) is 3. The van der Waals surface area contributed by atoms with Gasteiger partial charge in [-0.2, -0.15) is 5.10 Å². The lowest BCUT2D eigenvalue weighted by atomic mass is 10.3. The van der Waals surface area contributed by atoms with Gasteiger partial charge in [0.1, 0.15) is 0 Å². The molecular formula is C13H15ClN4O2. The summed E-state index contributed by atoms with van der Waals surface area (Å²) >= 11 is 6.07. The molecule has 0 fully saturated rings. The maximum Gasteiger partial charge on any atom is 0.271 e. The van der Waals surface area contributed by atoms with Gasteiger partial charge in [0.15, 0.2) is 0 Å². The number of rotatable bonds is 6. The first-order valence-corrected chi connectivity index (χ1v) is 6.69. The zero-order chi connectivity index (χ0) is 14.5. The summed E-state index contributed by atoms with van der Waals surface area (Å²) in [6.45, 7) is 3.67. The van der Waals surface area contributed by atoms with Gasteiger partial charge in [-0.05, 0) is 25.1 Å². The largest absolute Gasteiger partial charge is 0.311 e. The van der Waals surface area contributed by atoms with Gasteiger partial charge in [-0.1, -0.05) is 18.5 Å². The molecule has 0 saturated heterocycles. The Morgan fingerprint density at radius 2 is 2.25 bits per heavy atom. The highest BCUT2D eigenvalue weighted by Crippen LogP contribution is 2.25. The maximum atomic E-state index is 10.8. The summed E-state index contributed by atoms with van der Waals surface area (Å²) < 4.78 is 1.55. The molecular weight excluding hydrogens is 280 g/mol. The van der Waals surface area contributed by atoms with Crippen molar-refractivity contribution < 1.29 is 4.92 Å². The molecule has 0 aliphatic rings. The van der Waals surface area contributed by atoms with Crippen LogP contribution in [0.1, 0.15) is 19.0 Å². The smallest absolute Gasteiger partial charge is 0.271 e. The van der Waals surface area contributed by atoms with Gasteiger partial charge in [0, 0.05) is 24.9 Å². The van der Waals surface area contributed by atoms with Gasteiger partial charge in [0.05, 0.1) is 21.3 Å². The number of halogens is 1. The van der Waals surface area contributed by atoms with E-state index in [2.05, 4.69) is 17.3 Å². The standard InChI is InChI=1S/C13H15ClN4O2/c1-2-6-15-9-10-5-7-17(16-10)13-8-11(18(19)20)3-4-12(13)14/h3-5,7-8,15H,2,6,9H2,1H3. The average Bonchev–Trinajstić information content (AvgIpc) is 2.88. The highest BCUT2D eigenvalue weighted by atomic mass is 35.5. The molecule has 0 radical (unpaired) electrons. The lowest BCUT2D eigenvalue weighted by Gasteiger charge is -2.04. The topological polar surface area (TPSA) is 73.0 Å². The molecule has 0 aliphatic heterocycles. The highest BCUT2D eigenvalue weighted by Gasteiger charge is 2.12. The number of aromatic nitrogens is 2. The van der Waals surface area contributed by atoms with Crippen LogP contribution in [0.5, 0.6) is 0 Å². The molecule has 0 unspecified atom stereocenters. The van der Waals surface area contributed by atoms with E-state index in [4.69, 9.17) is 11.6 Å². The molecule has 0 bridgehead atoms. The minimum atomic E-state index is -0.451. The molecule has 0 aliphatic carbocycles. The second-order valence-corrected chi connectivity index (χ2v) is 4.73. The lowest BCUT2D eigenvalue weighted by molar-refractivity contribution is -0.384. The van der Waals surface area contributed by atoms with E-state index in [-0.39, 0.29) is 5.69 Å². The number of hydrogen-bond donors (Lipinski definition) is 1. The normalized spacial score (nSPS) is 10.7. The van der Waals surface area contributed by atoms with Crippen LogP contribution >= 0.6 is 11.6 Å². The van der Waals surface area contributed by atoms with Crippen LogP contribution in [-0.2, 0) is 6.54 Å². The van der Waals surface area contributed by atoms with Crippen molar-refractivity contribution in [2.24, 2.45) is 0 Å².